The fraction of sp³-hybridized carbons (Fsp3) is 0.333. The molecule has 2 amide bonds. The Morgan fingerprint density at radius 2 is 1.50 bits per heavy atom. The normalized spacial score (nSPS) is 14.5. The summed E-state index contributed by atoms with van der Waals surface area (Å²) in [6.07, 6.45) is 7.01. The summed E-state index contributed by atoms with van der Waals surface area (Å²) in [4.78, 5) is 29.9. The van der Waals surface area contributed by atoms with Crippen LogP contribution in [0.5, 0.6) is 0 Å². The Bertz CT molecular complexity index is 1400. The van der Waals surface area contributed by atoms with Crippen molar-refractivity contribution in [3.63, 3.8) is 0 Å². The van der Waals surface area contributed by atoms with Crippen LogP contribution in [0.15, 0.2) is 97.1 Å². The van der Waals surface area contributed by atoms with E-state index in [2.05, 4.69) is 66.8 Å². The lowest BCUT2D eigenvalue weighted by atomic mass is 9.94. The maximum Gasteiger partial charge on any atom is 0.243 e. The summed E-state index contributed by atoms with van der Waals surface area (Å²) >= 11 is 0. The first kappa shape index (κ1) is 27.6. The van der Waals surface area contributed by atoms with Crippen molar-refractivity contribution in [1.29, 1.82) is 0 Å². The van der Waals surface area contributed by atoms with Gasteiger partial charge < -0.3 is 10.2 Å². The van der Waals surface area contributed by atoms with E-state index in [9.17, 15) is 9.59 Å². The summed E-state index contributed by atoms with van der Waals surface area (Å²) in [5, 5.41) is 5.69. The minimum Gasteiger partial charge on any atom is -0.352 e. The Balaban J connectivity index is 1.43. The zero-order valence-corrected chi connectivity index (χ0v) is 23.5. The molecule has 1 atom stereocenters. The summed E-state index contributed by atoms with van der Waals surface area (Å²) in [6, 6.07) is 32.6. The second-order valence-corrected chi connectivity index (χ2v) is 11.2. The molecule has 1 aliphatic rings. The first-order chi connectivity index (χ1) is 19.6. The molecule has 1 N–H and O–H groups in total. The van der Waals surface area contributed by atoms with E-state index in [4.69, 9.17) is 0 Å². The van der Waals surface area contributed by atoms with Crippen LogP contribution in [0.25, 0.3) is 10.8 Å². The Labute approximate surface area is 238 Å². The second kappa shape index (κ2) is 13.4. The van der Waals surface area contributed by atoms with Crippen molar-refractivity contribution in [1.82, 2.24) is 10.2 Å². The Morgan fingerprint density at radius 1 is 0.800 bits per heavy atom. The van der Waals surface area contributed by atoms with Crippen LogP contribution in [0.3, 0.4) is 0 Å². The molecule has 0 aromatic heterocycles. The Morgan fingerprint density at radius 3 is 2.27 bits per heavy atom. The predicted octanol–water partition coefficient (Wildman–Crippen LogP) is 7.17. The van der Waals surface area contributed by atoms with Crippen molar-refractivity contribution >= 4 is 22.6 Å². The molecule has 40 heavy (non-hydrogen) atoms. The number of carbonyl (C=O) groups excluding carboxylic acids is 2. The largest absolute Gasteiger partial charge is 0.352 e. The fourth-order valence-electron chi connectivity index (χ4n) is 5.88. The first-order valence-corrected chi connectivity index (χ1v) is 14.7. The van der Waals surface area contributed by atoms with E-state index in [1.807, 2.05) is 47.4 Å². The number of hydrogen-bond donors (Lipinski definition) is 1. The third kappa shape index (κ3) is 7.18. The van der Waals surface area contributed by atoms with Crippen molar-refractivity contribution in [2.75, 3.05) is 0 Å². The highest BCUT2D eigenvalue weighted by Crippen LogP contribution is 2.23. The molecule has 1 fully saturated rings. The van der Waals surface area contributed by atoms with Gasteiger partial charge in [0.15, 0.2) is 0 Å². The van der Waals surface area contributed by atoms with Crippen LogP contribution >= 0.6 is 0 Å². The molecular weight excluding hydrogens is 492 g/mol. The van der Waals surface area contributed by atoms with Crippen molar-refractivity contribution in [3.8, 4) is 0 Å². The van der Waals surface area contributed by atoms with Crippen LogP contribution in [-0.4, -0.2) is 28.8 Å². The molecule has 0 aliphatic heterocycles. The summed E-state index contributed by atoms with van der Waals surface area (Å²) < 4.78 is 0. The van der Waals surface area contributed by atoms with Crippen molar-refractivity contribution < 1.29 is 9.59 Å². The minimum absolute atomic E-state index is 0.00762. The average Bonchev–Trinajstić information content (AvgIpc) is 2.99. The molecule has 0 heterocycles. The zero-order chi connectivity index (χ0) is 27.7. The van der Waals surface area contributed by atoms with Gasteiger partial charge in [0, 0.05) is 25.4 Å². The van der Waals surface area contributed by atoms with Gasteiger partial charge in [0.2, 0.25) is 11.8 Å². The van der Waals surface area contributed by atoms with Gasteiger partial charge in [0.05, 0.1) is 0 Å². The van der Waals surface area contributed by atoms with Crippen LogP contribution in [0.2, 0.25) is 0 Å². The Hall–Kier alpha value is -3.92. The average molecular weight is 533 g/mol. The minimum atomic E-state index is -0.578. The van der Waals surface area contributed by atoms with Crippen LogP contribution in [0.1, 0.15) is 60.8 Å². The van der Waals surface area contributed by atoms with E-state index >= 15 is 0 Å². The molecule has 1 unspecified atom stereocenters. The monoisotopic (exact) mass is 532 g/mol. The quantitative estimate of drug-likeness (QED) is 0.235. The third-order valence-corrected chi connectivity index (χ3v) is 8.18. The SMILES string of the molecule is Cc1ccc(CN(C(=O)CCc2cccc3ccccc23)C(Cc2ccccc2)C(=O)NC2CCCCC2)cc1. The van der Waals surface area contributed by atoms with Crippen LogP contribution in [0.4, 0.5) is 0 Å². The zero-order valence-electron chi connectivity index (χ0n) is 23.5. The van der Waals surface area contributed by atoms with Gasteiger partial charge in [-0.25, -0.2) is 0 Å². The summed E-state index contributed by atoms with van der Waals surface area (Å²) in [5.74, 6) is -0.0328. The summed E-state index contributed by atoms with van der Waals surface area (Å²) in [7, 11) is 0. The summed E-state index contributed by atoms with van der Waals surface area (Å²) in [5.41, 5.74) is 4.43. The van der Waals surface area contributed by atoms with Crippen molar-refractivity contribution in [2.24, 2.45) is 0 Å². The van der Waals surface area contributed by atoms with Gasteiger partial charge >= 0.3 is 0 Å². The van der Waals surface area contributed by atoms with Crippen LogP contribution in [0, 0.1) is 6.92 Å². The number of amides is 2. The molecule has 4 nitrogen and oxygen atoms in total. The molecule has 1 aliphatic carbocycles. The molecular formula is C36H40N2O2. The maximum atomic E-state index is 14.1. The van der Waals surface area contributed by atoms with E-state index in [1.165, 1.54) is 22.8 Å². The molecule has 1 saturated carbocycles. The maximum absolute atomic E-state index is 14.1. The van der Waals surface area contributed by atoms with Crippen molar-refractivity contribution in [3.05, 3.63) is 119 Å². The fourth-order valence-corrected chi connectivity index (χ4v) is 5.88. The van der Waals surface area contributed by atoms with Gasteiger partial charge in [0.25, 0.3) is 0 Å². The number of nitrogens with zero attached hydrogens (tertiary/aromatic N) is 1. The first-order valence-electron chi connectivity index (χ1n) is 14.7. The molecule has 0 spiro atoms. The number of nitrogens with one attached hydrogen (secondary N) is 1. The van der Waals surface area contributed by atoms with Gasteiger partial charge in [-0.2, -0.15) is 0 Å². The molecule has 0 bridgehead atoms. The third-order valence-electron chi connectivity index (χ3n) is 8.18. The molecule has 4 heteroatoms. The van der Waals surface area contributed by atoms with E-state index in [0.29, 0.717) is 25.8 Å². The van der Waals surface area contributed by atoms with Gasteiger partial charge in [0.1, 0.15) is 6.04 Å². The molecule has 4 aromatic carbocycles. The number of rotatable bonds is 10. The molecule has 5 rings (SSSR count). The van der Waals surface area contributed by atoms with Gasteiger partial charge in [-0.3, -0.25) is 9.59 Å². The topological polar surface area (TPSA) is 49.4 Å². The number of carbonyl (C=O) groups is 2. The van der Waals surface area contributed by atoms with Gasteiger partial charge in [-0.15, -0.1) is 0 Å². The number of benzene rings is 4. The highest BCUT2D eigenvalue weighted by Gasteiger charge is 2.31. The Kier molecular flexibility index (Phi) is 9.28. The lowest BCUT2D eigenvalue weighted by molar-refractivity contribution is -0.141. The highest BCUT2D eigenvalue weighted by atomic mass is 16.2. The van der Waals surface area contributed by atoms with E-state index in [0.717, 1.165) is 42.4 Å². The van der Waals surface area contributed by atoms with E-state index < -0.39 is 6.04 Å². The number of hydrogen-bond acceptors (Lipinski definition) is 2. The number of aryl methyl sites for hydroxylation is 2. The molecule has 206 valence electrons. The van der Waals surface area contributed by atoms with Crippen LogP contribution < -0.4 is 5.32 Å². The van der Waals surface area contributed by atoms with Crippen molar-refractivity contribution in [2.45, 2.75) is 76.9 Å². The van der Waals surface area contributed by atoms with Gasteiger partial charge in [-0.05, 0) is 53.6 Å². The number of fused-ring (bicyclic) bond motifs is 1. The summed E-state index contributed by atoms with van der Waals surface area (Å²) in [6.45, 7) is 2.47. The second-order valence-electron chi connectivity index (χ2n) is 11.2. The predicted molar refractivity (Wildman–Crippen MR) is 163 cm³/mol. The molecule has 4 aromatic rings. The standard InChI is InChI=1S/C36H40N2O2/c1-27-19-21-29(22-20-27)26-38(35(39)24-23-31-15-10-14-30-13-8-9-18-33(30)31)34(25-28-11-4-2-5-12-28)36(40)37-32-16-6-3-7-17-32/h2,4-5,8-15,18-22,32,34H,3,6-7,16-17,23-26H2,1H3,(H,37,40). The highest BCUT2D eigenvalue weighted by molar-refractivity contribution is 5.89. The van der Waals surface area contributed by atoms with E-state index in [-0.39, 0.29) is 17.9 Å². The van der Waals surface area contributed by atoms with Gasteiger partial charge in [-0.1, -0.05) is 122 Å². The lowest BCUT2D eigenvalue weighted by Gasteiger charge is -2.33. The van der Waals surface area contributed by atoms with E-state index in [1.54, 1.807) is 0 Å². The molecule has 0 radical (unpaired) electrons. The van der Waals surface area contributed by atoms with Crippen LogP contribution in [-0.2, 0) is 29.0 Å². The molecule has 0 saturated heterocycles. The smallest absolute Gasteiger partial charge is 0.243 e. The lowest BCUT2D eigenvalue weighted by Crippen LogP contribution is -2.52.